The molecule has 3 rings (SSSR count). The van der Waals surface area contributed by atoms with Crippen LogP contribution in [0.25, 0.3) is 10.2 Å². The number of carbonyl (C=O) groups excluding carboxylic acids is 1. The van der Waals surface area contributed by atoms with Crippen LogP contribution in [0.3, 0.4) is 0 Å². The molecule has 0 saturated heterocycles. The van der Waals surface area contributed by atoms with Crippen LogP contribution in [0.15, 0.2) is 46.3 Å². The smallest absolute Gasteiger partial charge is 0.252 e. The van der Waals surface area contributed by atoms with E-state index >= 15 is 0 Å². The lowest BCUT2D eigenvalue weighted by Gasteiger charge is -2.06. The van der Waals surface area contributed by atoms with Gasteiger partial charge in [0.2, 0.25) is 0 Å². The van der Waals surface area contributed by atoms with Crippen LogP contribution < -0.4 is 4.80 Å². The maximum Gasteiger partial charge on any atom is 0.252 e. The number of nitrogens with zero attached hydrogens (tertiary/aromatic N) is 2. The molecule has 0 saturated carbocycles. The molecule has 27 heavy (non-hydrogen) atoms. The molecule has 0 aliphatic carbocycles. The predicted octanol–water partition coefficient (Wildman–Crippen LogP) is 4.36. The third-order valence-electron chi connectivity index (χ3n) is 4.37. The van der Waals surface area contributed by atoms with E-state index in [2.05, 4.69) is 35.5 Å². The van der Waals surface area contributed by atoms with Crippen LogP contribution in [-0.2, 0) is 22.5 Å². The Morgan fingerprint density at radius 2 is 1.96 bits per heavy atom. The van der Waals surface area contributed by atoms with E-state index in [0.717, 1.165) is 15.9 Å². The Bertz CT molecular complexity index is 1020. The molecule has 0 fully saturated rings. The quantitative estimate of drug-likeness (QED) is 0.578. The van der Waals surface area contributed by atoms with Gasteiger partial charge < -0.3 is 9.30 Å². The van der Waals surface area contributed by atoms with Crippen molar-refractivity contribution < 1.29 is 9.53 Å². The van der Waals surface area contributed by atoms with Crippen LogP contribution in [0.5, 0.6) is 0 Å². The van der Waals surface area contributed by atoms with Gasteiger partial charge in [-0.1, -0.05) is 29.5 Å². The summed E-state index contributed by atoms with van der Waals surface area (Å²) in [7, 11) is 1.69. The first-order chi connectivity index (χ1) is 13.0. The highest BCUT2D eigenvalue weighted by molar-refractivity contribution is 7.98. The molecule has 1 aromatic heterocycles. The van der Waals surface area contributed by atoms with Gasteiger partial charge in [0, 0.05) is 18.6 Å². The second-order valence-corrected chi connectivity index (χ2v) is 8.35. The summed E-state index contributed by atoms with van der Waals surface area (Å²) in [5.74, 6) is -0.126. The van der Waals surface area contributed by atoms with E-state index in [1.54, 1.807) is 30.2 Å². The van der Waals surface area contributed by atoms with Crippen molar-refractivity contribution in [3.63, 3.8) is 0 Å². The number of ether oxygens (including phenoxy) is 1. The number of thiazole rings is 1. The normalized spacial score (nSPS) is 12.1. The number of rotatable bonds is 6. The molecular weight excluding hydrogens is 376 g/mol. The third-order valence-corrected chi connectivity index (χ3v) is 6.34. The lowest BCUT2D eigenvalue weighted by atomic mass is 10.1. The maximum atomic E-state index is 12.6. The van der Waals surface area contributed by atoms with Gasteiger partial charge in [0.1, 0.15) is 0 Å². The Morgan fingerprint density at radius 3 is 2.63 bits per heavy atom. The number of thioether (sulfide) groups is 1. The van der Waals surface area contributed by atoms with Crippen molar-refractivity contribution in [1.82, 2.24) is 4.57 Å². The molecule has 0 unspecified atom stereocenters. The van der Waals surface area contributed by atoms with Crippen molar-refractivity contribution in [2.75, 3.05) is 20.0 Å². The van der Waals surface area contributed by atoms with Crippen LogP contribution in [0.4, 0.5) is 0 Å². The molecule has 2 aromatic carbocycles. The van der Waals surface area contributed by atoms with Gasteiger partial charge in [0.15, 0.2) is 4.80 Å². The van der Waals surface area contributed by atoms with Gasteiger partial charge in [-0.3, -0.25) is 4.79 Å². The highest BCUT2D eigenvalue weighted by Crippen LogP contribution is 2.23. The first-order valence-electron chi connectivity index (χ1n) is 8.82. The Kier molecular flexibility index (Phi) is 6.52. The van der Waals surface area contributed by atoms with Crippen molar-refractivity contribution >= 4 is 39.2 Å². The Balaban J connectivity index is 1.97. The van der Waals surface area contributed by atoms with Crippen LogP contribution in [0, 0.1) is 13.8 Å². The zero-order chi connectivity index (χ0) is 19.4. The first-order valence-corrected chi connectivity index (χ1v) is 10.9. The minimum absolute atomic E-state index is 0.126. The van der Waals surface area contributed by atoms with Crippen molar-refractivity contribution in [2.45, 2.75) is 31.7 Å². The van der Waals surface area contributed by atoms with E-state index < -0.39 is 0 Å². The minimum Gasteiger partial charge on any atom is -0.383 e. The van der Waals surface area contributed by atoms with E-state index in [-0.39, 0.29) is 5.91 Å². The molecule has 3 aromatic rings. The average Bonchev–Trinajstić information content (AvgIpc) is 2.98. The molecule has 0 radical (unpaired) electrons. The zero-order valence-corrected chi connectivity index (χ0v) is 17.7. The van der Waals surface area contributed by atoms with Gasteiger partial charge in [-0.25, -0.2) is 0 Å². The fourth-order valence-corrected chi connectivity index (χ4v) is 4.59. The fourth-order valence-electron chi connectivity index (χ4n) is 3.06. The summed E-state index contributed by atoms with van der Waals surface area (Å²) >= 11 is 3.26. The van der Waals surface area contributed by atoms with Gasteiger partial charge in [0.05, 0.1) is 23.2 Å². The highest BCUT2D eigenvalue weighted by atomic mass is 32.2. The zero-order valence-electron chi connectivity index (χ0n) is 16.1. The average molecular weight is 401 g/mol. The van der Waals surface area contributed by atoms with Gasteiger partial charge in [-0.05, 0) is 55.0 Å². The number of fused-ring (bicyclic) bond motifs is 1. The first kappa shape index (κ1) is 19.9. The van der Waals surface area contributed by atoms with Gasteiger partial charge in [-0.15, -0.1) is 11.8 Å². The number of aromatic nitrogens is 1. The van der Waals surface area contributed by atoms with Crippen LogP contribution in [0.1, 0.15) is 16.7 Å². The number of aryl methyl sites for hydroxylation is 2. The number of benzene rings is 2. The SMILES string of the molecule is COCCn1c(=NC(=O)Cc2ccc(SC)cc2)sc2c(C)cc(C)cc21. The summed E-state index contributed by atoms with van der Waals surface area (Å²) in [6.45, 7) is 5.45. The largest absolute Gasteiger partial charge is 0.383 e. The van der Waals surface area contributed by atoms with Crippen LogP contribution in [0.2, 0.25) is 0 Å². The topological polar surface area (TPSA) is 43.6 Å². The molecule has 0 aliphatic heterocycles. The number of hydrogen-bond acceptors (Lipinski definition) is 4. The van der Waals surface area contributed by atoms with Crippen molar-refractivity contribution in [2.24, 2.45) is 4.99 Å². The van der Waals surface area contributed by atoms with Gasteiger partial charge in [-0.2, -0.15) is 4.99 Å². The third kappa shape index (κ3) is 4.69. The molecule has 0 spiro atoms. The summed E-state index contributed by atoms with van der Waals surface area (Å²) in [5.41, 5.74) is 4.52. The maximum absolute atomic E-state index is 12.6. The summed E-state index contributed by atoms with van der Waals surface area (Å²) in [5, 5.41) is 0. The van der Waals surface area contributed by atoms with Crippen LogP contribution >= 0.6 is 23.1 Å². The molecular formula is C21H24N2O2S2. The van der Waals surface area contributed by atoms with E-state index in [4.69, 9.17) is 4.74 Å². The van der Waals surface area contributed by atoms with Gasteiger partial charge in [0.25, 0.3) is 5.91 Å². The molecule has 0 atom stereocenters. The molecule has 6 heteroatoms. The highest BCUT2D eigenvalue weighted by Gasteiger charge is 2.11. The fraction of sp³-hybridized carbons (Fsp3) is 0.333. The van der Waals surface area contributed by atoms with Crippen molar-refractivity contribution in [3.05, 3.63) is 57.9 Å². The molecule has 1 amide bonds. The number of amides is 1. The molecule has 0 bridgehead atoms. The summed E-state index contributed by atoms with van der Waals surface area (Å²) < 4.78 is 8.53. The van der Waals surface area contributed by atoms with Crippen molar-refractivity contribution in [3.8, 4) is 0 Å². The molecule has 1 heterocycles. The van der Waals surface area contributed by atoms with E-state index in [1.807, 2.05) is 30.5 Å². The number of hydrogen-bond donors (Lipinski definition) is 0. The Hall–Kier alpha value is -1.89. The molecule has 4 nitrogen and oxygen atoms in total. The van der Waals surface area contributed by atoms with E-state index in [9.17, 15) is 4.79 Å². The Labute approximate surface area is 167 Å². The standard InChI is InChI=1S/C21H24N2O2S2/c1-14-11-15(2)20-18(12-14)23(9-10-25-3)21(27-20)22-19(24)13-16-5-7-17(26-4)8-6-16/h5-8,11-12H,9-10,13H2,1-4H3. The summed E-state index contributed by atoms with van der Waals surface area (Å²) in [6, 6.07) is 12.4. The number of carbonyl (C=O) groups is 1. The van der Waals surface area contributed by atoms with Crippen molar-refractivity contribution in [1.29, 1.82) is 0 Å². The number of methoxy groups -OCH3 is 1. The summed E-state index contributed by atoms with van der Waals surface area (Å²) in [4.78, 5) is 18.9. The Morgan fingerprint density at radius 1 is 1.22 bits per heavy atom. The second kappa shape index (κ2) is 8.87. The van der Waals surface area contributed by atoms with E-state index in [1.165, 1.54) is 20.7 Å². The molecule has 142 valence electrons. The predicted molar refractivity (Wildman–Crippen MR) is 114 cm³/mol. The lowest BCUT2D eigenvalue weighted by Crippen LogP contribution is -2.19. The van der Waals surface area contributed by atoms with Gasteiger partial charge >= 0.3 is 0 Å². The molecule has 0 aliphatic rings. The second-order valence-electron chi connectivity index (χ2n) is 6.49. The minimum atomic E-state index is -0.126. The molecule has 0 N–H and O–H groups in total. The summed E-state index contributed by atoms with van der Waals surface area (Å²) in [6.07, 6.45) is 2.35. The van der Waals surface area contributed by atoms with E-state index in [0.29, 0.717) is 19.6 Å². The monoisotopic (exact) mass is 400 g/mol. The lowest BCUT2D eigenvalue weighted by molar-refractivity contribution is -0.117. The van der Waals surface area contributed by atoms with Crippen LogP contribution in [-0.4, -0.2) is 30.4 Å².